The molecule has 0 aromatic carbocycles. The summed E-state index contributed by atoms with van der Waals surface area (Å²) in [4.78, 5) is 16.0. The van der Waals surface area contributed by atoms with Crippen LogP contribution in [0.25, 0.3) is 0 Å². The second kappa shape index (κ2) is 5.18. The lowest BCUT2D eigenvalue weighted by Crippen LogP contribution is -2.16. The smallest absolute Gasteiger partial charge is 0.266 e. The normalized spacial score (nSPS) is 10.5. The number of rotatable bonds is 3. The summed E-state index contributed by atoms with van der Waals surface area (Å²) in [5.41, 5.74) is 3.29. The molecule has 0 atom stereocenters. The fourth-order valence-corrected chi connectivity index (χ4v) is 1.69. The maximum Gasteiger partial charge on any atom is 0.281 e. The quantitative estimate of drug-likeness (QED) is 0.648. The molecular formula is C11H9N3OS. The zero-order chi connectivity index (χ0) is 11.2. The van der Waals surface area contributed by atoms with Gasteiger partial charge in [0.15, 0.2) is 0 Å². The minimum Gasteiger partial charge on any atom is -0.266 e. The number of pyridine rings is 1. The van der Waals surface area contributed by atoms with E-state index in [2.05, 4.69) is 15.5 Å². The molecule has 2 aromatic rings. The van der Waals surface area contributed by atoms with Crippen LogP contribution in [0.4, 0.5) is 0 Å². The van der Waals surface area contributed by atoms with Crippen LogP contribution in [-0.4, -0.2) is 17.1 Å². The van der Waals surface area contributed by atoms with Crippen molar-refractivity contribution in [3.63, 3.8) is 0 Å². The zero-order valence-electron chi connectivity index (χ0n) is 8.33. The SMILES string of the molecule is O=C(N/N=C\c1cccnc1)c1cccs1. The van der Waals surface area contributed by atoms with Crippen LogP contribution in [-0.2, 0) is 0 Å². The maximum atomic E-state index is 11.5. The second-order valence-electron chi connectivity index (χ2n) is 2.96. The highest BCUT2D eigenvalue weighted by atomic mass is 32.1. The summed E-state index contributed by atoms with van der Waals surface area (Å²) in [7, 11) is 0. The van der Waals surface area contributed by atoms with Crippen LogP contribution in [0.2, 0.25) is 0 Å². The van der Waals surface area contributed by atoms with Crippen LogP contribution in [0.1, 0.15) is 15.2 Å². The fraction of sp³-hybridized carbons (Fsp3) is 0. The van der Waals surface area contributed by atoms with E-state index in [0.717, 1.165) is 5.56 Å². The van der Waals surface area contributed by atoms with Crippen molar-refractivity contribution in [1.29, 1.82) is 0 Å². The Morgan fingerprint density at radius 2 is 2.38 bits per heavy atom. The van der Waals surface area contributed by atoms with Gasteiger partial charge >= 0.3 is 0 Å². The zero-order valence-corrected chi connectivity index (χ0v) is 9.15. The van der Waals surface area contributed by atoms with Crippen molar-refractivity contribution in [3.05, 3.63) is 52.5 Å². The molecule has 2 heterocycles. The van der Waals surface area contributed by atoms with Crippen LogP contribution in [0.15, 0.2) is 47.1 Å². The van der Waals surface area contributed by atoms with Crippen LogP contribution in [0.3, 0.4) is 0 Å². The Kier molecular flexibility index (Phi) is 3.40. The number of hydrogen-bond acceptors (Lipinski definition) is 4. The summed E-state index contributed by atoms with van der Waals surface area (Å²) >= 11 is 1.38. The van der Waals surface area contributed by atoms with Gasteiger partial charge in [-0.1, -0.05) is 12.1 Å². The number of carbonyl (C=O) groups is 1. The average Bonchev–Trinajstić information content (AvgIpc) is 2.84. The van der Waals surface area contributed by atoms with Crippen molar-refractivity contribution in [2.75, 3.05) is 0 Å². The minimum atomic E-state index is -0.199. The maximum absolute atomic E-state index is 11.5. The summed E-state index contributed by atoms with van der Waals surface area (Å²) in [5, 5.41) is 5.69. The molecule has 2 rings (SSSR count). The summed E-state index contributed by atoms with van der Waals surface area (Å²) in [6.07, 6.45) is 4.90. The minimum absolute atomic E-state index is 0.199. The standard InChI is InChI=1S/C11H9N3OS/c15-11(10-4-2-6-16-10)14-13-8-9-3-1-5-12-7-9/h1-8H,(H,14,15)/b13-8-. The van der Waals surface area contributed by atoms with Crippen LogP contribution >= 0.6 is 11.3 Å². The number of nitrogens with zero attached hydrogens (tertiary/aromatic N) is 2. The van der Waals surface area contributed by atoms with E-state index in [1.54, 1.807) is 24.7 Å². The second-order valence-corrected chi connectivity index (χ2v) is 3.91. The van der Waals surface area contributed by atoms with Gasteiger partial charge in [0.25, 0.3) is 5.91 Å². The largest absolute Gasteiger partial charge is 0.281 e. The summed E-state index contributed by atoms with van der Waals surface area (Å²) in [5.74, 6) is -0.199. The highest BCUT2D eigenvalue weighted by Gasteiger charge is 2.03. The lowest BCUT2D eigenvalue weighted by Gasteiger charge is -1.95. The lowest BCUT2D eigenvalue weighted by atomic mass is 10.3. The van der Waals surface area contributed by atoms with Gasteiger partial charge < -0.3 is 0 Å². The van der Waals surface area contributed by atoms with Gasteiger partial charge in [-0.05, 0) is 17.5 Å². The van der Waals surface area contributed by atoms with E-state index < -0.39 is 0 Å². The van der Waals surface area contributed by atoms with Crippen molar-refractivity contribution < 1.29 is 4.79 Å². The Balaban J connectivity index is 1.93. The van der Waals surface area contributed by atoms with Gasteiger partial charge in [0.05, 0.1) is 11.1 Å². The van der Waals surface area contributed by atoms with Gasteiger partial charge in [-0.2, -0.15) is 5.10 Å². The summed E-state index contributed by atoms with van der Waals surface area (Å²) in [6.45, 7) is 0. The number of aromatic nitrogens is 1. The van der Waals surface area contributed by atoms with Gasteiger partial charge in [0.1, 0.15) is 0 Å². The molecular weight excluding hydrogens is 222 g/mol. The molecule has 0 bridgehead atoms. The number of thiophene rings is 1. The molecule has 5 heteroatoms. The molecule has 80 valence electrons. The van der Waals surface area contributed by atoms with Crippen molar-refractivity contribution in [2.45, 2.75) is 0 Å². The van der Waals surface area contributed by atoms with E-state index in [9.17, 15) is 4.79 Å². The highest BCUT2D eigenvalue weighted by Crippen LogP contribution is 2.07. The Morgan fingerprint density at radius 3 is 3.06 bits per heavy atom. The first-order valence-corrected chi connectivity index (χ1v) is 5.51. The Hall–Kier alpha value is -2.01. The number of nitrogens with one attached hydrogen (secondary N) is 1. The van der Waals surface area contributed by atoms with Crippen molar-refractivity contribution in [2.24, 2.45) is 5.10 Å². The Morgan fingerprint density at radius 1 is 1.44 bits per heavy atom. The van der Waals surface area contributed by atoms with E-state index in [0.29, 0.717) is 4.88 Å². The van der Waals surface area contributed by atoms with Gasteiger partial charge in [0, 0.05) is 18.0 Å². The average molecular weight is 231 g/mol. The van der Waals surface area contributed by atoms with Crippen molar-refractivity contribution in [1.82, 2.24) is 10.4 Å². The van der Waals surface area contributed by atoms with Gasteiger partial charge in [-0.15, -0.1) is 11.3 Å². The molecule has 0 aliphatic rings. The summed E-state index contributed by atoms with van der Waals surface area (Å²) < 4.78 is 0. The predicted molar refractivity (Wildman–Crippen MR) is 63.6 cm³/mol. The van der Waals surface area contributed by atoms with Crippen LogP contribution in [0.5, 0.6) is 0 Å². The van der Waals surface area contributed by atoms with Crippen LogP contribution < -0.4 is 5.43 Å². The van der Waals surface area contributed by atoms with Crippen molar-refractivity contribution in [3.8, 4) is 0 Å². The fourth-order valence-electron chi connectivity index (χ4n) is 1.08. The molecule has 1 amide bonds. The first kappa shape index (κ1) is 10.5. The van der Waals surface area contributed by atoms with E-state index in [1.165, 1.54) is 11.3 Å². The van der Waals surface area contributed by atoms with Crippen molar-refractivity contribution >= 4 is 23.5 Å². The first-order chi connectivity index (χ1) is 7.86. The molecule has 1 N–H and O–H groups in total. The van der Waals surface area contributed by atoms with Crippen LogP contribution in [0, 0.1) is 0 Å². The number of amides is 1. The molecule has 0 saturated carbocycles. The predicted octanol–water partition coefficient (Wildman–Crippen LogP) is 1.91. The molecule has 16 heavy (non-hydrogen) atoms. The molecule has 0 spiro atoms. The monoisotopic (exact) mass is 231 g/mol. The van der Waals surface area contributed by atoms with E-state index in [-0.39, 0.29) is 5.91 Å². The third-order valence-electron chi connectivity index (χ3n) is 1.81. The number of hydrogen-bond donors (Lipinski definition) is 1. The van der Waals surface area contributed by atoms with Gasteiger partial charge in [-0.3, -0.25) is 9.78 Å². The lowest BCUT2D eigenvalue weighted by molar-refractivity contribution is 0.0959. The molecule has 0 aliphatic carbocycles. The number of hydrazone groups is 1. The third kappa shape index (κ3) is 2.74. The third-order valence-corrected chi connectivity index (χ3v) is 2.68. The highest BCUT2D eigenvalue weighted by molar-refractivity contribution is 7.12. The van der Waals surface area contributed by atoms with Gasteiger partial charge in [-0.25, -0.2) is 5.43 Å². The summed E-state index contributed by atoms with van der Waals surface area (Å²) in [6, 6.07) is 7.24. The topological polar surface area (TPSA) is 54.4 Å². The molecule has 0 unspecified atom stereocenters. The first-order valence-electron chi connectivity index (χ1n) is 4.63. The molecule has 0 saturated heterocycles. The molecule has 4 nitrogen and oxygen atoms in total. The van der Waals surface area contributed by atoms with E-state index >= 15 is 0 Å². The molecule has 0 fully saturated rings. The van der Waals surface area contributed by atoms with E-state index in [4.69, 9.17) is 0 Å². The molecule has 0 radical (unpaired) electrons. The Labute approximate surface area is 96.7 Å². The van der Waals surface area contributed by atoms with E-state index in [1.807, 2.05) is 23.6 Å². The Bertz CT molecular complexity index is 479. The number of carbonyl (C=O) groups excluding carboxylic acids is 1. The molecule has 0 aliphatic heterocycles. The van der Waals surface area contributed by atoms with Gasteiger partial charge in [0.2, 0.25) is 0 Å². The molecule has 2 aromatic heterocycles.